The Morgan fingerprint density at radius 2 is 1.81 bits per heavy atom. The highest BCUT2D eigenvalue weighted by atomic mass is 32.2. The summed E-state index contributed by atoms with van der Waals surface area (Å²) in [5, 5.41) is 9.40. The van der Waals surface area contributed by atoms with Crippen LogP contribution >= 0.6 is 0 Å². The third kappa shape index (κ3) is 2.62. The molecule has 90 valence electrons. The fourth-order valence-corrected chi connectivity index (χ4v) is 1.63. The van der Waals surface area contributed by atoms with Crippen molar-refractivity contribution in [3.05, 3.63) is 0 Å². The lowest BCUT2D eigenvalue weighted by molar-refractivity contribution is -1.12. The third-order valence-electron chi connectivity index (χ3n) is 1.84. The van der Waals surface area contributed by atoms with Crippen LogP contribution in [-0.2, 0) is 29.1 Å². The van der Waals surface area contributed by atoms with Gasteiger partial charge in [-0.25, -0.2) is 27.6 Å². The van der Waals surface area contributed by atoms with Gasteiger partial charge < -0.3 is 0 Å². The summed E-state index contributed by atoms with van der Waals surface area (Å²) >= 11 is 0. The van der Waals surface area contributed by atoms with Gasteiger partial charge in [-0.05, 0) is 0 Å². The van der Waals surface area contributed by atoms with Crippen molar-refractivity contribution >= 4 is 27.6 Å². The molecule has 1 fully saturated rings. The molecule has 0 aromatic carbocycles. The van der Waals surface area contributed by atoms with Gasteiger partial charge in [-0.1, -0.05) is 0 Å². The Bertz CT molecular complexity index is 435. The molecular weight excluding hydrogens is 242 g/mol. The van der Waals surface area contributed by atoms with E-state index >= 15 is 0 Å². The highest BCUT2D eigenvalue weighted by Crippen LogP contribution is 2.20. The number of imide groups is 1. The monoisotopic (exact) mass is 252 g/mol. The van der Waals surface area contributed by atoms with E-state index in [1.807, 2.05) is 0 Å². The number of hydroxylamine groups is 4. The van der Waals surface area contributed by atoms with E-state index in [1.54, 1.807) is 0 Å². The summed E-state index contributed by atoms with van der Waals surface area (Å²) in [5.74, 6) is -4.35. The molecule has 0 radical (unpaired) electrons. The maximum absolute atomic E-state index is 11.1. The van der Waals surface area contributed by atoms with Gasteiger partial charge in [0, 0.05) is 6.26 Å². The topological polar surface area (TPSA) is 115 Å². The molecule has 16 heavy (non-hydrogen) atoms. The zero-order chi connectivity index (χ0) is 12.6. The molecule has 1 heterocycles. The normalized spacial score (nSPS) is 19.9. The molecule has 1 N–H and O–H groups in total. The van der Waals surface area contributed by atoms with Crippen molar-refractivity contribution in [2.75, 3.05) is 12.0 Å². The Hall–Kier alpha value is -1.32. The standard InChI is InChI=1S/C7H10NO7S/c1-16(13,14)4-7(11)15-8(12)5(9)2-3-6(8)10/h12H,2-4H2,1H3/q+1. The predicted molar refractivity (Wildman–Crippen MR) is 47.1 cm³/mol. The lowest BCUT2D eigenvalue weighted by Gasteiger charge is -2.15. The minimum atomic E-state index is -3.64. The molecule has 0 aromatic heterocycles. The van der Waals surface area contributed by atoms with Crippen LogP contribution in [0, 0.1) is 0 Å². The van der Waals surface area contributed by atoms with Gasteiger partial charge >= 0.3 is 17.8 Å². The van der Waals surface area contributed by atoms with Crippen LogP contribution in [0.5, 0.6) is 0 Å². The number of amides is 2. The van der Waals surface area contributed by atoms with Crippen molar-refractivity contribution in [1.29, 1.82) is 0 Å². The zero-order valence-corrected chi connectivity index (χ0v) is 9.19. The van der Waals surface area contributed by atoms with Crippen LogP contribution in [0.1, 0.15) is 12.8 Å². The number of rotatable bonds is 3. The summed E-state index contributed by atoms with van der Waals surface area (Å²) in [4.78, 5) is 35.3. The highest BCUT2D eigenvalue weighted by Gasteiger charge is 2.55. The summed E-state index contributed by atoms with van der Waals surface area (Å²) in [6, 6.07) is 0. The largest absolute Gasteiger partial charge is 0.397 e. The molecule has 2 amide bonds. The fraction of sp³-hybridized carbons (Fsp3) is 0.571. The van der Waals surface area contributed by atoms with Crippen LogP contribution in [0.2, 0.25) is 0 Å². The maximum atomic E-state index is 11.1. The number of quaternary nitrogens is 1. The maximum Gasteiger partial charge on any atom is 0.397 e. The van der Waals surface area contributed by atoms with Crippen LogP contribution in [-0.4, -0.2) is 48.2 Å². The molecule has 0 aromatic rings. The number of carbonyl (C=O) groups excluding carboxylic acids is 3. The van der Waals surface area contributed by atoms with Gasteiger partial charge in [-0.15, -0.1) is 0 Å². The first-order valence-electron chi connectivity index (χ1n) is 4.24. The summed E-state index contributed by atoms with van der Waals surface area (Å²) in [7, 11) is -3.64. The van der Waals surface area contributed by atoms with E-state index in [1.165, 1.54) is 0 Å². The quantitative estimate of drug-likeness (QED) is 0.371. The molecule has 1 aliphatic rings. The lowest BCUT2D eigenvalue weighted by atomic mass is 10.4. The summed E-state index contributed by atoms with van der Waals surface area (Å²) in [6.45, 7) is 0. The van der Waals surface area contributed by atoms with Crippen LogP contribution in [0.25, 0.3) is 0 Å². The van der Waals surface area contributed by atoms with Crippen molar-refractivity contribution in [1.82, 2.24) is 0 Å². The Morgan fingerprint density at radius 3 is 2.19 bits per heavy atom. The molecular formula is C7H10NO7S+. The Kier molecular flexibility index (Phi) is 3.13. The minimum Gasteiger partial charge on any atom is -0.244 e. The molecule has 0 atom stereocenters. The SMILES string of the molecule is CS(=O)(=O)CC(=O)O[N+]1(O)C(=O)CCC1=O. The number of nitrogens with zero attached hydrogens (tertiary/aromatic N) is 1. The number of carbonyl (C=O) groups is 3. The van der Waals surface area contributed by atoms with Crippen LogP contribution < -0.4 is 0 Å². The Balaban J connectivity index is 2.77. The molecule has 0 spiro atoms. The van der Waals surface area contributed by atoms with Crippen molar-refractivity contribution in [2.45, 2.75) is 12.8 Å². The molecule has 0 aliphatic carbocycles. The smallest absolute Gasteiger partial charge is 0.244 e. The highest BCUT2D eigenvalue weighted by molar-refractivity contribution is 7.91. The average Bonchev–Trinajstić information content (AvgIpc) is 2.29. The van der Waals surface area contributed by atoms with E-state index in [-0.39, 0.29) is 12.8 Å². The molecule has 1 saturated heterocycles. The number of hydrogen-bond donors (Lipinski definition) is 1. The van der Waals surface area contributed by atoms with Crippen molar-refractivity contribution in [2.24, 2.45) is 0 Å². The molecule has 0 saturated carbocycles. The first-order chi connectivity index (χ1) is 7.15. The van der Waals surface area contributed by atoms with E-state index in [9.17, 15) is 28.0 Å². The van der Waals surface area contributed by atoms with E-state index in [0.29, 0.717) is 0 Å². The Morgan fingerprint density at radius 1 is 1.38 bits per heavy atom. The van der Waals surface area contributed by atoms with E-state index in [0.717, 1.165) is 6.26 Å². The zero-order valence-electron chi connectivity index (χ0n) is 8.37. The van der Waals surface area contributed by atoms with Gasteiger partial charge in [0.05, 0.1) is 12.8 Å². The molecule has 1 rings (SSSR count). The summed E-state index contributed by atoms with van der Waals surface area (Å²) in [5.41, 5.74) is 0. The first kappa shape index (κ1) is 12.7. The van der Waals surface area contributed by atoms with Crippen molar-refractivity contribution in [3.63, 3.8) is 0 Å². The van der Waals surface area contributed by atoms with Gasteiger partial charge in [0.15, 0.2) is 15.6 Å². The van der Waals surface area contributed by atoms with Crippen LogP contribution in [0.3, 0.4) is 0 Å². The summed E-state index contributed by atoms with van der Waals surface area (Å²) in [6.07, 6.45) is 0.284. The molecule has 9 heteroatoms. The Labute approximate surface area is 90.8 Å². The fourth-order valence-electron chi connectivity index (χ4n) is 1.15. The van der Waals surface area contributed by atoms with Gasteiger partial charge in [0.1, 0.15) is 4.81 Å². The molecule has 1 aliphatic heterocycles. The second-order valence-corrected chi connectivity index (χ2v) is 5.54. The van der Waals surface area contributed by atoms with Gasteiger partial charge in [-0.3, -0.25) is 0 Å². The van der Waals surface area contributed by atoms with E-state index < -0.39 is 38.2 Å². The molecule has 0 unspecified atom stereocenters. The second kappa shape index (κ2) is 3.92. The van der Waals surface area contributed by atoms with Crippen molar-refractivity contribution < 1.29 is 37.7 Å². The molecule has 0 bridgehead atoms. The predicted octanol–water partition coefficient (Wildman–Crippen LogP) is -1.46. The van der Waals surface area contributed by atoms with E-state index in [2.05, 4.69) is 4.84 Å². The average molecular weight is 252 g/mol. The second-order valence-electron chi connectivity index (χ2n) is 3.40. The minimum absolute atomic E-state index is 0.249. The molecule has 8 nitrogen and oxygen atoms in total. The lowest BCUT2D eigenvalue weighted by Crippen LogP contribution is -2.51. The van der Waals surface area contributed by atoms with Crippen LogP contribution in [0.4, 0.5) is 0 Å². The van der Waals surface area contributed by atoms with Crippen LogP contribution in [0.15, 0.2) is 0 Å². The first-order valence-corrected chi connectivity index (χ1v) is 6.30. The summed E-state index contributed by atoms with van der Waals surface area (Å²) < 4.78 is 21.4. The van der Waals surface area contributed by atoms with Gasteiger partial charge in [0.2, 0.25) is 0 Å². The van der Waals surface area contributed by atoms with E-state index in [4.69, 9.17) is 0 Å². The number of sulfone groups is 1. The van der Waals surface area contributed by atoms with Gasteiger partial charge in [0.25, 0.3) is 0 Å². The van der Waals surface area contributed by atoms with Gasteiger partial charge in [-0.2, -0.15) is 5.21 Å². The van der Waals surface area contributed by atoms with Crippen molar-refractivity contribution in [3.8, 4) is 0 Å². The number of hydrogen-bond acceptors (Lipinski definition) is 7. The third-order valence-corrected chi connectivity index (χ3v) is 2.60.